The SMILES string of the molecule is CCCNC(=O)Nc1ccc(CC(=O)NCC2CCN(CCN(C)C)CC2)cc1. The van der Waals surface area contributed by atoms with Crippen molar-refractivity contribution in [2.24, 2.45) is 5.92 Å². The molecule has 0 spiro atoms. The van der Waals surface area contributed by atoms with Crippen molar-refractivity contribution in [2.75, 3.05) is 58.7 Å². The maximum atomic E-state index is 12.3. The van der Waals surface area contributed by atoms with Crippen LogP contribution in [0, 0.1) is 5.92 Å². The summed E-state index contributed by atoms with van der Waals surface area (Å²) in [6.07, 6.45) is 3.56. The molecule has 1 aromatic carbocycles. The zero-order chi connectivity index (χ0) is 21.1. The minimum atomic E-state index is -0.204. The van der Waals surface area contributed by atoms with Gasteiger partial charge in [0.05, 0.1) is 6.42 Å². The number of anilines is 1. The molecular weight excluding hydrogens is 366 g/mol. The van der Waals surface area contributed by atoms with E-state index in [0.717, 1.165) is 63.2 Å². The number of nitrogens with zero attached hydrogens (tertiary/aromatic N) is 2. The van der Waals surface area contributed by atoms with E-state index in [-0.39, 0.29) is 11.9 Å². The fourth-order valence-corrected chi connectivity index (χ4v) is 3.38. The highest BCUT2D eigenvalue weighted by atomic mass is 16.2. The zero-order valence-corrected chi connectivity index (χ0v) is 18.2. The molecule has 1 aliphatic heterocycles. The molecule has 1 aliphatic rings. The Morgan fingerprint density at radius 1 is 1.10 bits per heavy atom. The predicted octanol–water partition coefficient (Wildman–Crippen LogP) is 2.15. The zero-order valence-electron chi connectivity index (χ0n) is 18.2. The van der Waals surface area contributed by atoms with Gasteiger partial charge in [-0.3, -0.25) is 4.79 Å². The van der Waals surface area contributed by atoms with Crippen molar-refractivity contribution >= 4 is 17.6 Å². The van der Waals surface area contributed by atoms with Crippen LogP contribution < -0.4 is 16.0 Å². The molecule has 1 heterocycles. The lowest BCUT2D eigenvalue weighted by molar-refractivity contribution is -0.120. The largest absolute Gasteiger partial charge is 0.356 e. The Balaban J connectivity index is 1.65. The monoisotopic (exact) mass is 403 g/mol. The van der Waals surface area contributed by atoms with E-state index >= 15 is 0 Å². The number of rotatable bonds is 10. The van der Waals surface area contributed by atoms with E-state index in [0.29, 0.717) is 18.9 Å². The average molecular weight is 404 g/mol. The topological polar surface area (TPSA) is 76.7 Å². The second-order valence-electron chi connectivity index (χ2n) is 8.15. The molecule has 0 aromatic heterocycles. The molecule has 3 amide bonds. The number of carbonyl (C=O) groups excluding carboxylic acids is 2. The average Bonchev–Trinajstić information content (AvgIpc) is 2.71. The molecule has 2 rings (SSSR count). The summed E-state index contributed by atoms with van der Waals surface area (Å²) in [5.74, 6) is 0.629. The van der Waals surface area contributed by atoms with Crippen LogP contribution in [-0.2, 0) is 11.2 Å². The van der Waals surface area contributed by atoms with Crippen molar-refractivity contribution < 1.29 is 9.59 Å². The van der Waals surface area contributed by atoms with Gasteiger partial charge in [0.25, 0.3) is 0 Å². The number of carbonyl (C=O) groups is 2. The number of hydrogen-bond acceptors (Lipinski definition) is 4. The Kier molecular flexibility index (Phi) is 9.94. The summed E-state index contributed by atoms with van der Waals surface area (Å²) in [6, 6.07) is 7.23. The number of likely N-dealkylation sites (N-methyl/N-ethyl adjacent to an activating group) is 1. The van der Waals surface area contributed by atoms with Crippen LogP contribution in [-0.4, -0.2) is 75.1 Å². The summed E-state index contributed by atoms with van der Waals surface area (Å²) in [6.45, 7) is 7.88. The Hall–Kier alpha value is -2.12. The molecule has 29 heavy (non-hydrogen) atoms. The van der Waals surface area contributed by atoms with E-state index < -0.39 is 0 Å². The Labute approximate surface area is 175 Å². The number of nitrogens with one attached hydrogen (secondary N) is 3. The molecule has 7 heteroatoms. The quantitative estimate of drug-likeness (QED) is 0.559. The molecule has 0 aliphatic carbocycles. The van der Waals surface area contributed by atoms with Gasteiger partial charge in [0.2, 0.25) is 5.91 Å². The number of piperidine rings is 1. The third-order valence-electron chi connectivity index (χ3n) is 5.27. The Morgan fingerprint density at radius 3 is 2.41 bits per heavy atom. The lowest BCUT2D eigenvalue weighted by Crippen LogP contribution is -2.41. The van der Waals surface area contributed by atoms with Gasteiger partial charge in [0.1, 0.15) is 0 Å². The minimum Gasteiger partial charge on any atom is -0.356 e. The van der Waals surface area contributed by atoms with E-state index in [1.54, 1.807) is 0 Å². The highest BCUT2D eigenvalue weighted by molar-refractivity contribution is 5.89. The fourth-order valence-electron chi connectivity index (χ4n) is 3.38. The van der Waals surface area contributed by atoms with Gasteiger partial charge < -0.3 is 25.8 Å². The van der Waals surface area contributed by atoms with Crippen molar-refractivity contribution in [2.45, 2.75) is 32.6 Å². The number of hydrogen-bond donors (Lipinski definition) is 3. The normalized spacial score (nSPS) is 15.3. The minimum absolute atomic E-state index is 0.0569. The lowest BCUT2D eigenvalue weighted by Gasteiger charge is -2.32. The van der Waals surface area contributed by atoms with Crippen molar-refractivity contribution in [3.63, 3.8) is 0 Å². The first-order chi connectivity index (χ1) is 14.0. The number of amides is 3. The summed E-state index contributed by atoms with van der Waals surface area (Å²) in [5.41, 5.74) is 1.67. The fraction of sp³-hybridized carbons (Fsp3) is 0.636. The second-order valence-corrected chi connectivity index (χ2v) is 8.15. The molecule has 0 saturated carbocycles. The molecule has 0 bridgehead atoms. The maximum absolute atomic E-state index is 12.3. The molecule has 1 saturated heterocycles. The third-order valence-corrected chi connectivity index (χ3v) is 5.27. The van der Waals surface area contributed by atoms with Gasteiger partial charge in [0.15, 0.2) is 0 Å². The third kappa shape index (κ3) is 9.28. The van der Waals surface area contributed by atoms with E-state index in [1.165, 1.54) is 0 Å². The number of benzene rings is 1. The van der Waals surface area contributed by atoms with Crippen molar-refractivity contribution in [1.82, 2.24) is 20.4 Å². The van der Waals surface area contributed by atoms with Crippen LogP contribution in [0.4, 0.5) is 10.5 Å². The van der Waals surface area contributed by atoms with Crippen LogP contribution in [0.1, 0.15) is 31.7 Å². The Bertz CT molecular complexity index is 625. The van der Waals surface area contributed by atoms with Crippen LogP contribution >= 0.6 is 0 Å². The molecule has 7 nitrogen and oxygen atoms in total. The number of urea groups is 1. The van der Waals surface area contributed by atoms with Crippen LogP contribution in [0.15, 0.2) is 24.3 Å². The summed E-state index contributed by atoms with van der Waals surface area (Å²) in [5, 5.41) is 8.65. The molecular formula is C22H37N5O2. The molecule has 0 atom stereocenters. The molecule has 1 aromatic rings. The molecule has 0 radical (unpaired) electrons. The van der Waals surface area contributed by atoms with Crippen LogP contribution in [0.3, 0.4) is 0 Å². The predicted molar refractivity (Wildman–Crippen MR) is 118 cm³/mol. The standard InChI is InChI=1S/C22H37N5O2/c1-4-11-23-22(29)25-20-7-5-18(6-8-20)16-21(28)24-17-19-9-12-27(13-10-19)15-14-26(2)3/h5-8,19H,4,9-17H2,1-3H3,(H,24,28)(H2,23,25,29). The molecule has 162 valence electrons. The van der Waals surface area contributed by atoms with Crippen molar-refractivity contribution in [3.8, 4) is 0 Å². The summed E-state index contributed by atoms with van der Waals surface area (Å²) < 4.78 is 0. The van der Waals surface area contributed by atoms with Gasteiger partial charge in [-0.1, -0.05) is 19.1 Å². The van der Waals surface area contributed by atoms with Crippen LogP contribution in [0.25, 0.3) is 0 Å². The second kappa shape index (κ2) is 12.4. The van der Waals surface area contributed by atoms with Gasteiger partial charge in [-0.15, -0.1) is 0 Å². The van der Waals surface area contributed by atoms with Gasteiger partial charge in [0, 0.05) is 31.9 Å². The lowest BCUT2D eigenvalue weighted by atomic mass is 9.96. The first-order valence-electron chi connectivity index (χ1n) is 10.7. The molecule has 3 N–H and O–H groups in total. The number of likely N-dealkylation sites (tertiary alicyclic amines) is 1. The van der Waals surface area contributed by atoms with E-state index in [9.17, 15) is 9.59 Å². The first-order valence-corrected chi connectivity index (χ1v) is 10.7. The first kappa shape index (κ1) is 23.2. The van der Waals surface area contributed by atoms with E-state index in [4.69, 9.17) is 0 Å². The summed E-state index contributed by atoms with van der Waals surface area (Å²) in [4.78, 5) is 28.7. The highest BCUT2D eigenvalue weighted by Crippen LogP contribution is 2.16. The van der Waals surface area contributed by atoms with Crippen LogP contribution in [0.5, 0.6) is 0 Å². The van der Waals surface area contributed by atoms with Gasteiger partial charge in [-0.2, -0.15) is 0 Å². The van der Waals surface area contributed by atoms with Gasteiger partial charge >= 0.3 is 6.03 Å². The summed E-state index contributed by atoms with van der Waals surface area (Å²) in [7, 11) is 4.22. The van der Waals surface area contributed by atoms with Crippen LogP contribution in [0.2, 0.25) is 0 Å². The molecule has 1 fully saturated rings. The van der Waals surface area contributed by atoms with Crippen molar-refractivity contribution in [1.29, 1.82) is 0 Å². The van der Waals surface area contributed by atoms with Gasteiger partial charge in [-0.05, 0) is 70.1 Å². The van der Waals surface area contributed by atoms with Gasteiger partial charge in [-0.25, -0.2) is 4.79 Å². The van der Waals surface area contributed by atoms with E-state index in [1.807, 2.05) is 31.2 Å². The smallest absolute Gasteiger partial charge is 0.319 e. The highest BCUT2D eigenvalue weighted by Gasteiger charge is 2.19. The summed E-state index contributed by atoms with van der Waals surface area (Å²) >= 11 is 0. The van der Waals surface area contributed by atoms with Crippen molar-refractivity contribution in [3.05, 3.63) is 29.8 Å². The molecule has 0 unspecified atom stereocenters. The Morgan fingerprint density at radius 2 is 1.79 bits per heavy atom. The van der Waals surface area contributed by atoms with E-state index in [2.05, 4.69) is 39.8 Å². The maximum Gasteiger partial charge on any atom is 0.319 e.